The summed E-state index contributed by atoms with van der Waals surface area (Å²) >= 11 is 1.28. The number of carbonyl (C=O) groups excluding carboxylic acids is 1. The number of aliphatic hydroxyl groups is 1. The molecule has 1 unspecified atom stereocenters. The molecule has 0 bridgehead atoms. The molecule has 0 aliphatic carbocycles. The van der Waals surface area contributed by atoms with Crippen LogP contribution in [0.4, 0.5) is 0 Å². The van der Waals surface area contributed by atoms with Gasteiger partial charge in [-0.2, -0.15) is 0 Å². The van der Waals surface area contributed by atoms with Gasteiger partial charge in [-0.1, -0.05) is 41.7 Å². The molecule has 1 aliphatic heterocycles. The second kappa shape index (κ2) is 6.34. The zero-order valence-electron chi connectivity index (χ0n) is 11.1. The standard InChI is InChI=1S/C13H13BN2O4S/c17-10-7-4-8-11(18)20-14(19-10)13-16-15-12(21-13)9-5-2-1-3-6-9/h1-3,5-6,10,17H,4,7-8H2. The van der Waals surface area contributed by atoms with E-state index in [1.807, 2.05) is 30.3 Å². The number of carbonyl (C=O) groups is 1. The van der Waals surface area contributed by atoms with Crippen molar-refractivity contribution in [3.05, 3.63) is 30.3 Å². The first-order valence-electron chi connectivity index (χ1n) is 6.64. The Morgan fingerprint density at radius 1 is 1.29 bits per heavy atom. The summed E-state index contributed by atoms with van der Waals surface area (Å²) in [5.41, 5.74) is 0.930. The maximum Gasteiger partial charge on any atom is 0.599 e. The van der Waals surface area contributed by atoms with E-state index in [2.05, 4.69) is 10.2 Å². The van der Waals surface area contributed by atoms with Gasteiger partial charge in [0, 0.05) is 12.0 Å². The summed E-state index contributed by atoms with van der Waals surface area (Å²) in [7, 11) is -0.997. The Kier molecular flexibility index (Phi) is 4.28. The number of rotatable bonds is 2. The van der Waals surface area contributed by atoms with Crippen molar-refractivity contribution in [3.63, 3.8) is 0 Å². The van der Waals surface area contributed by atoms with Gasteiger partial charge in [0.05, 0.1) is 0 Å². The first-order chi connectivity index (χ1) is 10.2. The predicted molar refractivity (Wildman–Crippen MR) is 77.8 cm³/mol. The van der Waals surface area contributed by atoms with Crippen LogP contribution in [-0.4, -0.2) is 34.7 Å². The van der Waals surface area contributed by atoms with Gasteiger partial charge in [0.1, 0.15) is 11.3 Å². The summed E-state index contributed by atoms with van der Waals surface area (Å²) in [5.74, 6) is -0.358. The SMILES string of the molecule is O=C1CCCC(O)OB(c2nnc(-c3ccccc3)s2)O1. The predicted octanol–water partition coefficient (Wildman–Crippen LogP) is 0.962. The smallest absolute Gasteiger partial charge is 0.504 e. The molecular weight excluding hydrogens is 291 g/mol. The molecule has 2 aromatic rings. The van der Waals surface area contributed by atoms with Gasteiger partial charge >= 0.3 is 7.12 Å². The van der Waals surface area contributed by atoms with Crippen LogP contribution in [0, 0.1) is 0 Å². The van der Waals surface area contributed by atoms with E-state index in [1.165, 1.54) is 11.3 Å². The highest BCUT2D eigenvalue weighted by molar-refractivity contribution is 7.24. The van der Waals surface area contributed by atoms with E-state index >= 15 is 0 Å². The molecule has 1 aromatic carbocycles. The molecule has 0 radical (unpaired) electrons. The summed E-state index contributed by atoms with van der Waals surface area (Å²) in [6.45, 7) is 0. The summed E-state index contributed by atoms with van der Waals surface area (Å²) in [4.78, 5) is 12.0. The van der Waals surface area contributed by atoms with Crippen LogP contribution in [0.5, 0.6) is 0 Å². The van der Waals surface area contributed by atoms with E-state index in [-0.39, 0.29) is 12.4 Å². The molecule has 3 rings (SSSR count). The molecule has 1 aromatic heterocycles. The summed E-state index contributed by atoms with van der Waals surface area (Å²) in [5, 5.41) is 18.5. The van der Waals surface area contributed by atoms with Crippen molar-refractivity contribution in [1.82, 2.24) is 10.2 Å². The van der Waals surface area contributed by atoms with Crippen LogP contribution < -0.4 is 4.91 Å². The molecule has 1 aliphatic rings. The molecule has 108 valence electrons. The van der Waals surface area contributed by atoms with Crippen molar-refractivity contribution in [2.75, 3.05) is 0 Å². The molecule has 0 amide bonds. The number of aliphatic hydroxyl groups excluding tert-OH is 1. The van der Waals surface area contributed by atoms with E-state index in [0.717, 1.165) is 5.56 Å². The highest BCUT2D eigenvalue weighted by Gasteiger charge is 2.34. The Balaban J connectivity index is 1.82. The van der Waals surface area contributed by atoms with Gasteiger partial charge in [0.15, 0.2) is 4.91 Å². The van der Waals surface area contributed by atoms with Crippen LogP contribution in [0.3, 0.4) is 0 Å². The number of nitrogens with zero attached hydrogens (tertiary/aromatic N) is 2. The molecule has 0 spiro atoms. The fourth-order valence-corrected chi connectivity index (χ4v) is 2.79. The number of benzene rings is 1. The van der Waals surface area contributed by atoms with E-state index in [4.69, 9.17) is 9.31 Å². The zero-order chi connectivity index (χ0) is 14.7. The number of hydrogen-bond donors (Lipinski definition) is 1. The highest BCUT2D eigenvalue weighted by Crippen LogP contribution is 2.20. The minimum absolute atomic E-state index is 0.265. The highest BCUT2D eigenvalue weighted by atomic mass is 32.1. The second-order valence-electron chi connectivity index (χ2n) is 4.62. The Morgan fingerprint density at radius 3 is 2.90 bits per heavy atom. The monoisotopic (exact) mass is 304 g/mol. The first-order valence-corrected chi connectivity index (χ1v) is 7.46. The van der Waals surface area contributed by atoms with Crippen LogP contribution >= 0.6 is 11.3 Å². The first kappa shape index (κ1) is 14.2. The largest absolute Gasteiger partial charge is 0.599 e. The van der Waals surface area contributed by atoms with Crippen LogP contribution in [0.15, 0.2) is 30.3 Å². The van der Waals surface area contributed by atoms with E-state index in [9.17, 15) is 9.90 Å². The molecular formula is C13H13BN2O4S. The molecule has 21 heavy (non-hydrogen) atoms. The lowest BCUT2D eigenvalue weighted by molar-refractivity contribution is -0.139. The molecule has 2 heterocycles. The quantitative estimate of drug-likeness (QED) is 0.832. The Labute approximate surface area is 125 Å². The zero-order valence-corrected chi connectivity index (χ0v) is 12.0. The average Bonchev–Trinajstić information content (AvgIpc) is 2.95. The minimum Gasteiger partial charge on any atom is -0.504 e. The van der Waals surface area contributed by atoms with Gasteiger partial charge in [0.2, 0.25) is 0 Å². The topological polar surface area (TPSA) is 81.5 Å². The molecule has 6 nitrogen and oxygen atoms in total. The lowest BCUT2D eigenvalue weighted by Crippen LogP contribution is -2.43. The molecule has 0 saturated carbocycles. The molecule has 1 N–H and O–H groups in total. The molecule has 8 heteroatoms. The van der Waals surface area contributed by atoms with E-state index < -0.39 is 13.4 Å². The summed E-state index contributed by atoms with van der Waals surface area (Å²) < 4.78 is 10.5. The third-order valence-electron chi connectivity index (χ3n) is 3.01. The lowest BCUT2D eigenvalue weighted by Gasteiger charge is -2.19. The fourth-order valence-electron chi connectivity index (χ4n) is 1.97. The van der Waals surface area contributed by atoms with Crippen molar-refractivity contribution in [1.29, 1.82) is 0 Å². The van der Waals surface area contributed by atoms with Gasteiger partial charge in [-0.25, -0.2) is 0 Å². The van der Waals surface area contributed by atoms with Crippen LogP contribution in [0.2, 0.25) is 0 Å². The van der Waals surface area contributed by atoms with Crippen molar-refractivity contribution in [2.45, 2.75) is 25.6 Å². The maximum absolute atomic E-state index is 11.6. The van der Waals surface area contributed by atoms with Crippen molar-refractivity contribution >= 4 is 29.3 Å². The summed E-state index contributed by atoms with van der Waals surface area (Å²) in [6, 6.07) is 9.58. The van der Waals surface area contributed by atoms with E-state index in [0.29, 0.717) is 22.8 Å². The lowest BCUT2D eigenvalue weighted by atomic mass is 9.90. The fraction of sp³-hybridized carbons (Fsp3) is 0.308. The second-order valence-corrected chi connectivity index (χ2v) is 5.63. The molecule has 1 atom stereocenters. The third kappa shape index (κ3) is 3.47. The number of aromatic nitrogens is 2. The Bertz CT molecular complexity index is 622. The normalized spacial score (nSPS) is 19.8. The van der Waals surface area contributed by atoms with Gasteiger partial charge < -0.3 is 14.4 Å². The van der Waals surface area contributed by atoms with Gasteiger partial charge in [0.25, 0.3) is 5.97 Å². The van der Waals surface area contributed by atoms with Gasteiger partial charge in [-0.05, 0) is 12.8 Å². The third-order valence-corrected chi connectivity index (χ3v) is 4.01. The van der Waals surface area contributed by atoms with Crippen LogP contribution in [0.25, 0.3) is 10.6 Å². The molecule has 1 fully saturated rings. The summed E-state index contributed by atoms with van der Waals surface area (Å²) in [6.07, 6.45) is 0.238. The average molecular weight is 304 g/mol. The van der Waals surface area contributed by atoms with Crippen LogP contribution in [-0.2, 0) is 14.1 Å². The maximum atomic E-state index is 11.6. The van der Waals surface area contributed by atoms with Crippen molar-refractivity contribution in [3.8, 4) is 10.6 Å². The Hall–Kier alpha value is -1.77. The van der Waals surface area contributed by atoms with E-state index in [1.54, 1.807) is 0 Å². The minimum atomic E-state index is -0.997. The van der Waals surface area contributed by atoms with Gasteiger partial charge in [-0.3, -0.25) is 4.79 Å². The Morgan fingerprint density at radius 2 is 2.10 bits per heavy atom. The molecule has 1 saturated heterocycles. The van der Waals surface area contributed by atoms with Crippen molar-refractivity contribution < 1.29 is 19.2 Å². The van der Waals surface area contributed by atoms with Gasteiger partial charge in [-0.15, -0.1) is 10.2 Å². The van der Waals surface area contributed by atoms with Crippen LogP contribution in [0.1, 0.15) is 19.3 Å². The number of hydrogen-bond acceptors (Lipinski definition) is 7. The van der Waals surface area contributed by atoms with Crippen molar-refractivity contribution in [2.24, 2.45) is 0 Å².